The van der Waals surface area contributed by atoms with E-state index in [1.54, 1.807) is 0 Å². The standard InChI is InChI=1S/C10H10N2O/c1-7-4-3-5-10-11-8(2)9(6-13)12(7)10/h3-6H,1-2H3. The number of carbonyl (C=O) groups excluding carboxylic acids is 1. The zero-order valence-electron chi connectivity index (χ0n) is 7.61. The Morgan fingerprint density at radius 3 is 2.85 bits per heavy atom. The molecule has 2 heterocycles. The van der Waals surface area contributed by atoms with Crippen LogP contribution in [0.4, 0.5) is 0 Å². The van der Waals surface area contributed by atoms with Crippen molar-refractivity contribution in [2.75, 3.05) is 0 Å². The lowest BCUT2D eigenvalue weighted by Gasteiger charge is -1.99. The predicted octanol–water partition coefficient (Wildman–Crippen LogP) is 1.76. The van der Waals surface area contributed by atoms with E-state index in [4.69, 9.17) is 0 Å². The Bertz CT molecular complexity index is 471. The Balaban J connectivity index is 2.96. The highest BCUT2D eigenvalue weighted by Crippen LogP contribution is 2.12. The summed E-state index contributed by atoms with van der Waals surface area (Å²) in [5.74, 6) is 0. The highest BCUT2D eigenvalue weighted by molar-refractivity contribution is 5.76. The van der Waals surface area contributed by atoms with Crippen molar-refractivity contribution in [3.05, 3.63) is 35.3 Å². The summed E-state index contributed by atoms with van der Waals surface area (Å²) in [6.07, 6.45) is 0.850. The fourth-order valence-electron chi connectivity index (χ4n) is 1.53. The second-order valence-electron chi connectivity index (χ2n) is 3.06. The monoisotopic (exact) mass is 174 g/mol. The van der Waals surface area contributed by atoms with Gasteiger partial charge in [0.05, 0.1) is 5.69 Å². The molecule has 0 spiro atoms. The molecule has 0 saturated carbocycles. The van der Waals surface area contributed by atoms with Crippen LogP contribution in [0.3, 0.4) is 0 Å². The van der Waals surface area contributed by atoms with Crippen molar-refractivity contribution in [3.63, 3.8) is 0 Å². The molecule has 0 amide bonds. The van der Waals surface area contributed by atoms with E-state index in [1.165, 1.54) is 0 Å². The van der Waals surface area contributed by atoms with E-state index in [1.807, 2.05) is 36.4 Å². The quantitative estimate of drug-likeness (QED) is 0.617. The number of pyridine rings is 1. The molecule has 0 radical (unpaired) electrons. The van der Waals surface area contributed by atoms with Gasteiger partial charge in [0.15, 0.2) is 6.29 Å². The Morgan fingerprint density at radius 2 is 2.15 bits per heavy atom. The van der Waals surface area contributed by atoms with Gasteiger partial charge >= 0.3 is 0 Å². The number of nitrogens with zero attached hydrogens (tertiary/aromatic N) is 2. The van der Waals surface area contributed by atoms with E-state index in [9.17, 15) is 4.79 Å². The number of carbonyl (C=O) groups is 1. The second-order valence-corrected chi connectivity index (χ2v) is 3.06. The number of rotatable bonds is 1. The zero-order chi connectivity index (χ0) is 9.42. The summed E-state index contributed by atoms with van der Waals surface area (Å²) < 4.78 is 1.86. The van der Waals surface area contributed by atoms with Gasteiger partial charge in [-0.3, -0.25) is 9.20 Å². The molecule has 0 aliphatic carbocycles. The maximum absolute atomic E-state index is 10.8. The van der Waals surface area contributed by atoms with Crippen LogP contribution in [0.15, 0.2) is 18.2 Å². The van der Waals surface area contributed by atoms with Crippen LogP contribution in [0.25, 0.3) is 5.65 Å². The number of aryl methyl sites for hydroxylation is 2. The van der Waals surface area contributed by atoms with Crippen LogP contribution in [0.5, 0.6) is 0 Å². The van der Waals surface area contributed by atoms with Gasteiger partial charge < -0.3 is 0 Å². The fraction of sp³-hybridized carbons (Fsp3) is 0.200. The molecule has 3 nitrogen and oxygen atoms in total. The van der Waals surface area contributed by atoms with Crippen molar-refractivity contribution < 1.29 is 4.79 Å². The fourth-order valence-corrected chi connectivity index (χ4v) is 1.53. The number of aromatic nitrogens is 2. The minimum Gasteiger partial charge on any atom is -0.296 e. The third kappa shape index (κ3) is 1.04. The molecule has 13 heavy (non-hydrogen) atoms. The van der Waals surface area contributed by atoms with Gasteiger partial charge in [0, 0.05) is 5.69 Å². The highest BCUT2D eigenvalue weighted by atomic mass is 16.1. The van der Waals surface area contributed by atoms with Crippen LogP contribution in [0, 0.1) is 13.8 Å². The van der Waals surface area contributed by atoms with E-state index in [0.29, 0.717) is 5.69 Å². The van der Waals surface area contributed by atoms with Crippen LogP contribution < -0.4 is 0 Å². The molecule has 0 saturated heterocycles. The summed E-state index contributed by atoms with van der Waals surface area (Å²) in [4.78, 5) is 15.1. The lowest BCUT2D eigenvalue weighted by Crippen LogP contribution is -1.95. The number of hydrogen-bond acceptors (Lipinski definition) is 2. The van der Waals surface area contributed by atoms with Crippen LogP contribution >= 0.6 is 0 Å². The Labute approximate surface area is 76.0 Å². The lowest BCUT2D eigenvalue weighted by atomic mass is 10.3. The van der Waals surface area contributed by atoms with Gasteiger partial charge in [0.25, 0.3) is 0 Å². The Kier molecular flexibility index (Phi) is 1.65. The van der Waals surface area contributed by atoms with E-state index in [-0.39, 0.29) is 0 Å². The Morgan fingerprint density at radius 1 is 1.38 bits per heavy atom. The topological polar surface area (TPSA) is 34.4 Å². The van der Waals surface area contributed by atoms with E-state index in [2.05, 4.69) is 4.98 Å². The van der Waals surface area contributed by atoms with Gasteiger partial charge in [0.2, 0.25) is 0 Å². The average Bonchev–Trinajstić information content (AvgIpc) is 2.42. The zero-order valence-corrected chi connectivity index (χ0v) is 7.61. The molecule has 2 aromatic heterocycles. The molecule has 2 aromatic rings. The minimum absolute atomic E-state index is 0.646. The first-order valence-corrected chi connectivity index (χ1v) is 4.14. The number of fused-ring (bicyclic) bond motifs is 1. The normalized spacial score (nSPS) is 10.6. The van der Waals surface area contributed by atoms with E-state index >= 15 is 0 Å². The number of hydrogen-bond donors (Lipinski definition) is 0. The molecule has 0 unspecified atom stereocenters. The summed E-state index contributed by atoms with van der Waals surface area (Å²) in [7, 11) is 0. The summed E-state index contributed by atoms with van der Waals surface area (Å²) in [5, 5.41) is 0. The summed E-state index contributed by atoms with van der Waals surface area (Å²) in [5.41, 5.74) is 3.29. The third-order valence-electron chi connectivity index (χ3n) is 2.17. The van der Waals surface area contributed by atoms with E-state index in [0.717, 1.165) is 23.3 Å². The first kappa shape index (κ1) is 7.98. The third-order valence-corrected chi connectivity index (χ3v) is 2.17. The van der Waals surface area contributed by atoms with E-state index < -0.39 is 0 Å². The molecular weight excluding hydrogens is 164 g/mol. The molecular formula is C10H10N2O. The minimum atomic E-state index is 0.646. The summed E-state index contributed by atoms with van der Waals surface area (Å²) >= 11 is 0. The predicted molar refractivity (Wildman–Crippen MR) is 50.1 cm³/mol. The van der Waals surface area contributed by atoms with Gasteiger partial charge in [0.1, 0.15) is 11.3 Å². The van der Waals surface area contributed by atoms with Crippen LogP contribution in [-0.2, 0) is 0 Å². The molecule has 66 valence electrons. The van der Waals surface area contributed by atoms with Gasteiger partial charge in [-0.2, -0.15) is 0 Å². The van der Waals surface area contributed by atoms with Crippen LogP contribution in [0.1, 0.15) is 21.9 Å². The molecule has 0 bridgehead atoms. The largest absolute Gasteiger partial charge is 0.296 e. The molecule has 0 N–H and O–H groups in total. The van der Waals surface area contributed by atoms with Crippen LogP contribution in [0.2, 0.25) is 0 Å². The van der Waals surface area contributed by atoms with Gasteiger partial charge in [-0.05, 0) is 26.0 Å². The first-order chi connectivity index (χ1) is 6.24. The number of aldehydes is 1. The summed E-state index contributed by atoms with van der Waals surface area (Å²) in [6.45, 7) is 3.80. The SMILES string of the molecule is Cc1nc2cccc(C)n2c1C=O. The van der Waals surface area contributed by atoms with Crippen molar-refractivity contribution in [2.45, 2.75) is 13.8 Å². The number of imidazole rings is 1. The molecule has 0 fully saturated rings. The molecule has 0 aliphatic heterocycles. The van der Waals surface area contributed by atoms with Crippen molar-refractivity contribution in [2.24, 2.45) is 0 Å². The maximum Gasteiger partial charge on any atom is 0.168 e. The molecule has 0 atom stereocenters. The molecule has 3 heteroatoms. The Hall–Kier alpha value is -1.64. The second kappa shape index (κ2) is 2.69. The molecule has 0 aliphatic rings. The lowest BCUT2D eigenvalue weighted by molar-refractivity contribution is 0.111. The first-order valence-electron chi connectivity index (χ1n) is 4.14. The van der Waals surface area contributed by atoms with Crippen LogP contribution in [-0.4, -0.2) is 15.7 Å². The molecule has 2 rings (SSSR count). The van der Waals surface area contributed by atoms with Crippen molar-refractivity contribution in [1.29, 1.82) is 0 Å². The summed E-state index contributed by atoms with van der Waals surface area (Å²) in [6, 6.07) is 5.79. The molecule has 0 aromatic carbocycles. The van der Waals surface area contributed by atoms with Crippen molar-refractivity contribution >= 4 is 11.9 Å². The van der Waals surface area contributed by atoms with Crippen molar-refractivity contribution in [3.8, 4) is 0 Å². The highest BCUT2D eigenvalue weighted by Gasteiger charge is 2.07. The maximum atomic E-state index is 10.8. The van der Waals surface area contributed by atoms with Crippen molar-refractivity contribution in [1.82, 2.24) is 9.38 Å². The van der Waals surface area contributed by atoms with Gasteiger partial charge in [-0.15, -0.1) is 0 Å². The average molecular weight is 174 g/mol. The van der Waals surface area contributed by atoms with Gasteiger partial charge in [-0.25, -0.2) is 4.98 Å². The smallest absolute Gasteiger partial charge is 0.168 e. The van der Waals surface area contributed by atoms with Gasteiger partial charge in [-0.1, -0.05) is 6.07 Å².